The summed E-state index contributed by atoms with van der Waals surface area (Å²) >= 11 is 0. The van der Waals surface area contributed by atoms with Crippen LogP contribution in [0.5, 0.6) is 0 Å². The fraction of sp³-hybridized carbons (Fsp3) is 0.333. The van der Waals surface area contributed by atoms with Gasteiger partial charge in [-0.25, -0.2) is 5.48 Å². The highest BCUT2D eigenvalue weighted by Crippen LogP contribution is 1.75. The van der Waals surface area contributed by atoms with E-state index in [0.29, 0.717) is 0 Å². The van der Waals surface area contributed by atoms with Gasteiger partial charge in [0.15, 0.2) is 0 Å². The number of nitrogens with one attached hydrogen (secondary N) is 1. The number of hydrogen-bond acceptors (Lipinski definition) is 3. The van der Waals surface area contributed by atoms with E-state index >= 15 is 0 Å². The van der Waals surface area contributed by atoms with Crippen molar-refractivity contribution in [2.75, 3.05) is 6.61 Å². The minimum absolute atomic E-state index is 0.204. The molecule has 0 fully saturated rings. The second-order valence-electron chi connectivity index (χ2n) is 1.43. The van der Waals surface area contributed by atoms with Gasteiger partial charge in [0, 0.05) is 0 Å². The third-order valence-corrected chi connectivity index (χ3v) is 0.674. The van der Waals surface area contributed by atoms with Gasteiger partial charge in [0.05, 0.1) is 19.1 Å². The third-order valence-electron chi connectivity index (χ3n) is 0.674. The van der Waals surface area contributed by atoms with Crippen molar-refractivity contribution in [3.63, 3.8) is 0 Å². The minimum atomic E-state index is -0.405. The number of hydrogen-bond donors (Lipinski definition) is 1. The van der Waals surface area contributed by atoms with E-state index in [2.05, 4.69) is 16.9 Å². The Kier molecular flexibility index (Phi) is 5.01. The van der Waals surface area contributed by atoms with Crippen molar-refractivity contribution in [1.29, 1.82) is 5.26 Å². The first kappa shape index (κ1) is 8.66. The number of carbonyl (C=O) groups is 1. The zero-order chi connectivity index (χ0) is 7.82. The lowest BCUT2D eigenvalue weighted by Gasteiger charge is -1.98. The smallest absolute Gasteiger partial charge is 0.266 e. The lowest BCUT2D eigenvalue weighted by atomic mass is 10.5. The predicted molar refractivity (Wildman–Crippen MR) is 34.5 cm³/mol. The molecule has 0 rings (SSSR count). The Balaban J connectivity index is 3.13. The van der Waals surface area contributed by atoms with Crippen LogP contribution >= 0.6 is 0 Å². The standard InChI is InChI=1S/C6H8N2O2/c1-2-6(9)8-10-5-3-4-7/h2H,1,3,5H2,(H,8,9). The molecule has 54 valence electrons. The molecule has 0 saturated heterocycles. The maximum atomic E-state index is 10.3. The predicted octanol–water partition coefficient (Wildman–Crippen LogP) is 0.134. The Morgan fingerprint density at radius 2 is 2.60 bits per heavy atom. The molecule has 1 N–H and O–H groups in total. The molecule has 1 amide bonds. The molecule has 0 saturated carbocycles. The largest absolute Gasteiger partial charge is 0.272 e. The van der Waals surface area contributed by atoms with E-state index in [1.54, 1.807) is 0 Å². The van der Waals surface area contributed by atoms with E-state index in [1.807, 2.05) is 6.07 Å². The normalized spacial score (nSPS) is 7.90. The summed E-state index contributed by atoms with van der Waals surface area (Å²) in [4.78, 5) is 14.9. The molecule has 0 heterocycles. The molecule has 0 aliphatic rings. The summed E-state index contributed by atoms with van der Waals surface area (Å²) < 4.78 is 0. The summed E-state index contributed by atoms with van der Waals surface area (Å²) in [6.07, 6.45) is 1.35. The van der Waals surface area contributed by atoms with Crippen LogP contribution in [0.2, 0.25) is 0 Å². The zero-order valence-electron chi connectivity index (χ0n) is 5.46. The van der Waals surface area contributed by atoms with Crippen LogP contribution in [0.1, 0.15) is 6.42 Å². The van der Waals surface area contributed by atoms with E-state index in [4.69, 9.17) is 5.26 Å². The fourth-order valence-corrected chi connectivity index (χ4v) is 0.261. The van der Waals surface area contributed by atoms with Crippen LogP contribution in [-0.4, -0.2) is 12.5 Å². The summed E-state index contributed by atoms with van der Waals surface area (Å²) in [6.45, 7) is 3.41. The summed E-state index contributed by atoms with van der Waals surface area (Å²) in [5.41, 5.74) is 2.06. The molecule has 0 aromatic rings. The molecule has 0 atom stereocenters. The van der Waals surface area contributed by atoms with Crippen LogP contribution in [0.4, 0.5) is 0 Å². The summed E-state index contributed by atoms with van der Waals surface area (Å²) in [5.74, 6) is -0.405. The summed E-state index contributed by atoms with van der Waals surface area (Å²) in [5, 5.41) is 8.03. The highest BCUT2D eigenvalue weighted by Gasteiger charge is 1.90. The van der Waals surface area contributed by atoms with Crippen molar-refractivity contribution >= 4 is 5.91 Å². The van der Waals surface area contributed by atoms with Crippen LogP contribution in [0.25, 0.3) is 0 Å². The Morgan fingerprint density at radius 3 is 3.10 bits per heavy atom. The molecule has 0 aromatic heterocycles. The number of rotatable bonds is 4. The van der Waals surface area contributed by atoms with Gasteiger partial charge in [-0.1, -0.05) is 6.58 Å². The Labute approximate surface area is 59.0 Å². The van der Waals surface area contributed by atoms with Gasteiger partial charge >= 0.3 is 0 Å². The van der Waals surface area contributed by atoms with E-state index < -0.39 is 5.91 Å². The fourth-order valence-electron chi connectivity index (χ4n) is 0.261. The number of amides is 1. The Bertz CT molecular complexity index is 160. The molecule has 0 aliphatic heterocycles. The van der Waals surface area contributed by atoms with Gasteiger partial charge in [-0.05, 0) is 6.08 Å². The van der Waals surface area contributed by atoms with Gasteiger partial charge in [0.1, 0.15) is 0 Å². The maximum absolute atomic E-state index is 10.3. The Morgan fingerprint density at radius 1 is 1.90 bits per heavy atom. The quantitative estimate of drug-likeness (QED) is 0.343. The molecule has 0 unspecified atom stereocenters. The summed E-state index contributed by atoms with van der Waals surface area (Å²) in [6, 6.07) is 1.86. The van der Waals surface area contributed by atoms with E-state index in [0.717, 1.165) is 6.08 Å². The van der Waals surface area contributed by atoms with Gasteiger partial charge in [-0.2, -0.15) is 5.26 Å². The SMILES string of the molecule is C=CC(=O)NOCCC#N. The topological polar surface area (TPSA) is 62.1 Å². The number of carbonyl (C=O) groups excluding carboxylic acids is 1. The molecule has 0 radical (unpaired) electrons. The van der Waals surface area contributed by atoms with Gasteiger partial charge in [-0.15, -0.1) is 0 Å². The van der Waals surface area contributed by atoms with Crippen molar-refractivity contribution in [3.05, 3.63) is 12.7 Å². The van der Waals surface area contributed by atoms with Crippen LogP contribution in [-0.2, 0) is 9.63 Å². The van der Waals surface area contributed by atoms with Crippen molar-refractivity contribution < 1.29 is 9.63 Å². The van der Waals surface area contributed by atoms with Gasteiger partial charge < -0.3 is 0 Å². The first-order chi connectivity index (χ1) is 4.81. The molecule has 0 spiro atoms. The zero-order valence-corrected chi connectivity index (χ0v) is 5.46. The molecule has 0 aliphatic carbocycles. The average molecular weight is 140 g/mol. The Hall–Kier alpha value is -1.34. The molecular weight excluding hydrogens is 132 g/mol. The van der Waals surface area contributed by atoms with E-state index in [9.17, 15) is 4.79 Å². The van der Waals surface area contributed by atoms with Crippen LogP contribution < -0.4 is 5.48 Å². The van der Waals surface area contributed by atoms with Gasteiger partial charge in [-0.3, -0.25) is 9.63 Å². The molecular formula is C6H8N2O2. The van der Waals surface area contributed by atoms with Crippen LogP contribution in [0, 0.1) is 11.3 Å². The lowest BCUT2D eigenvalue weighted by molar-refractivity contribution is -0.128. The second-order valence-corrected chi connectivity index (χ2v) is 1.43. The van der Waals surface area contributed by atoms with Crippen LogP contribution in [0.3, 0.4) is 0 Å². The van der Waals surface area contributed by atoms with E-state index in [1.165, 1.54) is 0 Å². The first-order valence-corrected chi connectivity index (χ1v) is 2.72. The van der Waals surface area contributed by atoms with E-state index in [-0.39, 0.29) is 13.0 Å². The van der Waals surface area contributed by atoms with Crippen molar-refractivity contribution in [2.24, 2.45) is 0 Å². The monoisotopic (exact) mass is 140 g/mol. The third kappa shape index (κ3) is 4.81. The first-order valence-electron chi connectivity index (χ1n) is 2.72. The van der Waals surface area contributed by atoms with Crippen molar-refractivity contribution in [1.82, 2.24) is 5.48 Å². The van der Waals surface area contributed by atoms with Gasteiger partial charge in [0.25, 0.3) is 5.91 Å². The average Bonchev–Trinajstić information content (AvgIpc) is 1.98. The maximum Gasteiger partial charge on any atom is 0.266 e. The lowest BCUT2D eigenvalue weighted by Crippen LogP contribution is -2.21. The van der Waals surface area contributed by atoms with Crippen molar-refractivity contribution in [3.8, 4) is 6.07 Å². The number of nitriles is 1. The van der Waals surface area contributed by atoms with Gasteiger partial charge in [0.2, 0.25) is 0 Å². The second kappa shape index (κ2) is 5.79. The number of nitrogens with zero attached hydrogens (tertiary/aromatic N) is 1. The van der Waals surface area contributed by atoms with Crippen molar-refractivity contribution in [2.45, 2.75) is 6.42 Å². The molecule has 4 nitrogen and oxygen atoms in total. The highest BCUT2D eigenvalue weighted by molar-refractivity contribution is 5.85. The number of hydroxylamine groups is 1. The van der Waals surface area contributed by atoms with Crippen LogP contribution in [0.15, 0.2) is 12.7 Å². The molecule has 4 heteroatoms. The summed E-state index contributed by atoms with van der Waals surface area (Å²) in [7, 11) is 0. The highest BCUT2D eigenvalue weighted by atomic mass is 16.6. The minimum Gasteiger partial charge on any atom is -0.272 e. The molecule has 0 bridgehead atoms. The molecule has 10 heavy (non-hydrogen) atoms. The molecule has 0 aromatic carbocycles.